The lowest BCUT2D eigenvalue weighted by Crippen LogP contribution is -2.30. The molecule has 0 spiro atoms. The highest BCUT2D eigenvalue weighted by Gasteiger charge is 2.31. The van der Waals surface area contributed by atoms with Crippen LogP contribution in [0, 0.1) is 10.1 Å². The van der Waals surface area contributed by atoms with Crippen LogP contribution < -0.4 is 15.0 Å². The fourth-order valence-corrected chi connectivity index (χ4v) is 2.08. The Balaban J connectivity index is 2.36. The van der Waals surface area contributed by atoms with Crippen LogP contribution in [0.4, 0.5) is 11.5 Å². The Morgan fingerprint density at radius 3 is 2.94 bits per heavy atom. The predicted octanol–water partition coefficient (Wildman–Crippen LogP) is 0.191. The van der Waals surface area contributed by atoms with Gasteiger partial charge in [0, 0.05) is 19.1 Å². The maximum Gasteiger partial charge on any atom is 0.372 e. The molecule has 0 aromatic carbocycles. The third-order valence-corrected chi connectivity index (χ3v) is 3.04. The lowest BCUT2D eigenvalue weighted by atomic mass is 10.3. The van der Waals surface area contributed by atoms with Gasteiger partial charge < -0.3 is 15.0 Å². The van der Waals surface area contributed by atoms with E-state index in [0.29, 0.717) is 18.4 Å². The molecule has 2 heterocycles. The van der Waals surface area contributed by atoms with Crippen LogP contribution >= 0.6 is 0 Å². The molecule has 1 saturated heterocycles. The molecule has 1 aliphatic rings. The first-order valence-electron chi connectivity index (χ1n) is 5.63. The van der Waals surface area contributed by atoms with Crippen molar-refractivity contribution in [3.8, 4) is 5.88 Å². The van der Waals surface area contributed by atoms with Crippen LogP contribution in [0.25, 0.3) is 0 Å². The van der Waals surface area contributed by atoms with E-state index in [1.165, 1.54) is 13.4 Å². The second kappa shape index (κ2) is 5.13. The molecule has 0 saturated carbocycles. The molecule has 18 heavy (non-hydrogen) atoms. The van der Waals surface area contributed by atoms with Gasteiger partial charge in [0.15, 0.2) is 0 Å². The van der Waals surface area contributed by atoms with Crippen LogP contribution in [0.1, 0.15) is 6.42 Å². The molecule has 1 aliphatic heterocycles. The van der Waals surface area contributed by atoms with Gasteiger partial charge in [0.05, 0.1) is 12.0 Å². The normalized spacial score (nSPS) is 19.0. The number of nitrogens with one attached hydrogen (secondary N) is 1. The molecule has 1 N–H and O–H groups in total. The molecule has 1 fully saturated rings. The van der Waals surface area contributed by atoms with E-state index in [4.69, 9.17) is 4.74 Å². The minimum absolute atomic E-state index is 0.00194. The summed E-state index contributed by atoms with van der Waals surface area (Å²) in [5.74, 6) is 0.322. The van der Waals surface area contributed by atoms with E-state index in [9.17, 15) is 10.1 Å². The minimum atomic E-state index is -0.499. The molecular formula is C10H15N5O3. The van der Waals surface area contributed by atoms with Crippen molar-refractivity contribution in [3.05, 3.63) is 16.4 Å². The van der Waals surface area contributed by atoms with Crippen molar-refractivity contribution >= 4 is 11.5 Å². The van der Waals surface area contributed by atoms with Gasteiger partial charge >= 0.3 is 5.69 Å². The number of nitro groups is 1. The summed E-state index contributed by atoms with van der Waals surface area (Å²) in [6, 6.07) is 0.325. The number of nitrogens with zero attached hydrogens (tertiary/aromatic N) is 4. The quantitative estimate of drug-likeness (QED) is 0.604. The van der Waals surface area contributed by atoms with E-state index in [1.54, 1.807) is 0 Å². The molecule has 0 radical (unpaired) electrons. The monoisotopic (exact) mass is 253 g/mol. The molecular weight excluding hydrogens is 238 g/mol. The van der Waals surface area contributed by atoms with Gasteiger partial charge in [0.1, 0.15) is 6.33 Å². The van der Waals surface area contributed by atoms with Gasteiger partial charge in [-0.25, -0.2) is 4.98 Å². The molecule has 1 aromatic rings. The number of rotatable bonds is 4. The number of hydrogen-bond acceptors (Lipinski definition) is 7. The maximum atomic E-state index is 11.1. The van der Waals surface area contributed by atoms with E-state index < -0.39 is 4.92 Å². The first kappa shape index (κ1) is 12.5. The minimum Gasteiger partial charge on any atom is -0.476 e. The van der Waals surface area contributed by atoms with E-state index in [-0.39, 0.29) is 11.6 Å². The van der Waals surface area contributed by atoms with Crippen LogP contribution in [0.2, 0.25) is 0 Å². The van der Waals surface area contributed by atoms with Crippen LogP contribution in [0.5, 0.6) is 5.88 Å². The molecule has 0 aliphatic carbocycles. The van der Waals surface area contributed by atoms with E-state index in [0.717, 1.165) is 13.0 Å². The van der Waals surface area contributed by atoms with Crippen LogP contribution in [0.15, 0.2) is 6.33 Å². The van der Waals surface area contributed by atoms with Crippen molar-refractivity contribution in [2.45, 2.75) is 12.5 Å². The van der Waals surface area contributed by atoms with Crippen molar-refractivity contribution in [1.82, 2.24) is 15.3 Å². The molecule has 1 atom stereocenters. The average Bonchev–Trinajstić information content (AvgIpc) is 2.86. The fraction of sp³-hybridized carbons (Fsp3) is 0.600. The Morgan fingerprint density at radius 1 is 1.61 bits per heavy atom. The van der Waals surface area contributed by atoms with Crippen molar-refractivity contribution in [3.63, 3.8) is 0 Å². The van der Waals surface area contributed by atoms with Gasteiger partial charge in [-0.3, -0.25) is 10.1 Å². The first-order chi connectivity index (χ1) is 8.67. The van der Waals surface area contributed by atoms with E-state index in [1.807, 2.05) is 11.9 Å². The molecule has 0 bridgehead atoms. The second-order valence-corrected chi connectivity index (χ2v) is 4.03. The maximum absolute atomic E-state index is 11.1. The van der Waals surface area contributed by atoms with Crippen LogP contribution in [-0.2, 0) is 0 Å². The Labute approximate surface area is 104 Å². The van der Waals surface area contributed by atoms with Gasteiger partial charge in [0.2, 0.25) is 5.82 Å². The van der Waals surface area contributed by atoms with Crippen LogP contribution in [-0.4, -0.2) is 48.2 Å². The van der Waals surface area contributed by atoms with Gasteiger partial charge in [0.25, 0.3) is 5.88 Å². The van der Waals surface area contributed by atoms with E-state index >= 15 is 0 Å². The van der Waals surface area contributed by atoms with Crippen LogP contribution in [0.3, 0.4) is 0 Å². The summed E-state index contributed by atoms with van der Waals surface area (Å²) in [7, 11) is 3.24. The van der Waals surface area contributed by atoms with Gasteiger partial charge in [-0.1, -0.05) is 0 Å². The summed E-state index contributed by atoms with van der Waals surface area (Å²) in [6.45, 7) is 1.42. The smallest absolute Gasteiger partial charge is 0.372 e. The number of hydrogen-bond donors (Lipinski definition) is 1. The summed E-state index contributed by atoms with van der Waals surface area (Å²) >= 11 is 0. The molecule has 1 unspecified atom stereocenters. The highest BCUT2D eigenvalue weighted by atomic mass is 16.6. The van der Waals surface area contributed by atoms with Crippen molar-refractivity contribution in [2.24, 2.45) is 0 Å². The second-order valence-electron chi connectivity index (χ2n) is 4.03. The predicted molar refractivity (Wildman–Crippen MR) is 64.9 cm³/mol. The highest BCUT2D eigenvalue weighted by Crippen LogP contribution is 2.34. The molecule has 0 amide bonds. The first-order valence-corrected chi connectivity index (χ1v) is 5.63. The molecule has 1 aromatic heterocycles. The van der Waals surface area contributed by atoms with Crippen molar-refractivity contribution in [2.75, 3.05) is 32.1 Å². The molecule has 98 valence electrons. The lowest BCUT2D eigenvalue weighted by molar-refractivity contribution is -0.385. The summed E-state index contributed by atoms with van der Waals surface area (Å²) in [4.78, 5) is 20.3. The number of aromatic nitrogens is 2. The summed E-state index contributed by atoms with van der Waals surface area (Å²) in [5.41, 5.74) is -0.170. The average molecular weight is 253 g/mol. The van der Waals surface area contributed by atoms with Gasteiger partial charge in [-0.05, 0) is 13.5 Å². The summed E-state index contributed by atoms with van der Waals surface area (Å²) < 4.78 is 4.92. The number of ether oxygens (including phenoxy) is 1. The Bertz CT molecular complexity index is 453. The summed E-state index contributed by atoms with van der Waals surface area (Å²) in [6.07, 6.45) is 2.22. The van der Waals surface area contributed by atoms with Gasteiger partial charge in [-0.2, -0.15) is 4.98 Å². The lowest BCUT2D eigenvalue weighted by Gasteiger charge is -2.17. The standard InChI is InChI=1S/C10H15N5O3/c1-11-7-3-4-14(5-7)9-8(15(16)17)10(18-2)13-6-12-9/h6-7,11H,3-5H2,1-2H3. The number of likely N-dealkylation sites (N-methyl/N-ethyl adjacent to an activating group) is 1. The number of anilines is 1. The molecule has 8 heteroatoms. The zero-order chi connectivity index (χ0) is 13.1. The summed E-state index contributed by atoms with van der Waals surface area (Å²) in [5, 5.41) is 14.3. The van der Waals surface area contributed by atoms with Crippen molar-refractivity contribution in [1.29, 1.82) is 0 Å². The third kappa shape index (κ3) is 2.19. The number of methoxy groups -OCH3 is 1. The fourth-order valence-electron chi connectivity index (χ4n) is 2.08. The zero-order valence-electron chi connectivity index (χ0n) is 10.3. The van der Waals surface area contributed by atoms with Crippen molar-refractivity contribution < 1.29 is 9.66 Å². The highest BCUT2D eigenvalue weighted by molar-refractivity contribution is 5.63. The molecule has 2 rings (SSSR count). The Hall–Kier alpha value is -1.96. The Kier molecular flexibility index (Phi) is 3.56. The SMILES string of the molecule is CNC1CCN(c2ncnc(OC)c2[N+](=O)[O-])C1. The third-order valence-electron chi connectivity index (χ3n) is 3.04. The Morgan fingerprint density at radius 2 is 2.39 bits per heavy atom. The van der Waals surface area contributed by atoms with E-state index in [2.05, 4.69) is 15.3 Å². The largest absolute Gasteiger partial charge is 0.476 e. The van der Waals surface area contributed by atoms with Gasteiger partial charge in [-0.15, -0.1) is 0 Å². The topological polar surface area (TPSA) is 93.4 Å². The zero-order valence-corrected chi connectivity index (χ0v) is 10.3. The molecule has 8 nitrogen and oxygen atoms in total.